The Kier molecular flexibility index (Phi) is 5.23. The highest BCUT2D eigenvalue weighted by Gasteiger charge is 2.09. The lowest BCUT2D eigenvalue weighted by atomic mass is 10.1. The van der Waals surface area contributed by atoms with Gasteiger partial charge in [0.2, 0.25) is 0 Å². The summed E-state index contributed by atoms with van der Waals surface area (Å²) in [5.41, 5.74) is 10.6. The number of ether oxygens (including phenoxy) is 1. The van der Waals surface area contributed by atoms with Crippen LogP contribution in [0, 0.1) is 20.8 Å². The van der Waals surface area contributed by atoms with Crippen LogP contribution in [-0.4, -0.2) is 17.5 Å². The van der Waals surface area contributed by atoms with Crippen molar-refractivity contribution < 1.29 is 9.53 Å². The number of nitrogens with one attached hydrogen (secondary N) is 1. The second-order valence-corrected chi connectivity index (χ2v) is 7.37. The van der Waals surface area contributed by atoms with Crippen LogP contribution >= 0.6 is 11.3 Å². The van der Waals surface area contributed by atoms with Crippen molar-refractivity contribution in [2.24, 2.45) is 0 Å². The van der Waals surface area contributed by atoms with Gasteiger partial charge < -0.3 is 15.8 Å². The number of carbonyl (C=O) groups is 1. The molecule has 0 radical (unpaired) electrons. The van der Waals surface area contributed by atoms with Crippen molar-refractivity contribution in [2.75, 3.05) is 17.7 Å². The summed E-state index contributed by atoms with van der Waals surface area (Å²) in [4.78, 5) is 17.5. The molecule has 1 amide bonds. The number of amides is 1. The number of hydrogen-bond donors (Lipinski definition) is 2. The van der Waals surface area contributed by atoms with Crippen LogP contribution in [0.1, 0.15) is 16.0 Å². The number of nitrogen functional groups attached to an aromatic ring is 1. The average Bonchev–Trinajstić information content (AvgIpc) is 2.94. The number of anilines is 2. The SMILES string of the molecule is Cc1ccc(NC(=O)COc2ccc(-c3nc(N)sc3C)cc2)c(C)c1. The molecule has 0 unspecified atom stereocenters. The number of aryl methyl sites for hydroxylation is 3. The summed E-state index contributed by atoms with van der Waals surface area (Å²) in [6.45, 7) is 5.93. The van der Waals surface area contributed by atoms with Crippen LogP contribution in [0.2, 0.25) is 0 Å². The predicted octanol–water partition coefficient (Wildman–Crippen LogP) is 4.34. The Morgan fingerprint density at radius 3 is 2.50 bits per heavy atom. The highest BCUT2D eigenvalue weighted by molar-refractivity contribution is 7.15. The summed E-state index contributed by atoms with van der Waals surface area (Å²) in [5.74, 6) is 0.439. The van der Waals surface area contributed by atoms with Crippen molar-refractivity contribution in [1.29, 1.82) is 0 Å². The lowest BCUT2D eigenvalue weighted by Crippen LogP contribution is -2.20. The third kappa shape index (κ3) is 4.21. The third-order valence-corrected chi connectivity index (χ3v) is 4.77. The minimum Gasteiger partial charge on any atom is -0.484 e. The Balaban J connectivity index is 1.59. The fraction of sp³-hybridized carbons (Fsp3) is 0.200. The molecule has 0 fully saturated rings. The smallest absolute Gasteiger partial charge is 0.262 e. The van der Waals surface area contributed by atoms with Gasteiger partial charge in [-0.1, -0.05) is 17.7 Å². The van der Waals surface area contributed by atoms with Gasteiger partial charge in [0, 0.05) is 16.1 Å². The molecule has 0 atom stereocenters. The molecule has 3 rings (SSSR count). The topological polar surface area (TPSA) is 77.2 Å². The minimum atomic E-state index is -0.191. The molecule has 0 bridgehead atoms. The first-order chi connectivity index (χ1) is 12.4. The van der Waals surface area contributed by atoms with Crippen molar-refractivity contribution in [2.45, 2.75) is 20.8 Å². The van der Waals surface area contributed by atoms with Crippen LogP contribution in [0.15, 0.2) is 42.5 Å². The van der Waals surface area contributed by atoms with Gasteiger partial charge in [-0.25, -0.2) is 4.98 Å². The molecule has 0 aliphatic carbocycles. The molecular weight excluding hydrogens is 346 g/mol. The Morgan fingerprint density at radius 2 is 1.88 bits per heavy atom. The summed E-state index contributed by atoms with van der Waals surface area (Å²) in [7, 11) is 0. The van der Waals surface area contributed by atoms with E-state index < -0.39 is 0 Å². The van der Waals surface area contributed by atoms with Gasteiger partial charge in [-0.05, 0) is 56.7 Å². The summed E-state index contributed by atoms with van der Waals surface area (Å²) in [5, 5.41) is 3.43. The molecule has 26 heavy (non-hydrogen) atoms. The van der Waals surface area contributed by atoms with Crippen molar-refractivity contribution in [3.05, 3.63) is 58.5 Å². The molecule has 3 aromatic rings. The number of thiazole rings is 1. The van der Waals surface area contributed by atoms with Gasteiger partial charge in [-0.15, -0.1) is 11.3 Å². The van der Waals surface area contributed by atoms with Crippen LogP contribution in [0.25, 0.3) is 11.3 Å². The fourth-order valence-corrected chi connectivity index (χ4v) is 3.39. The Hall–Kier alpha value is -2.86. The number of rotatable bonds is 5. The van der Waals surface area contributed by atoms with Crippen LogP contribution in [0.3, 0.4) is 0 Å². The molecule has 5 nitrogen and oxygen atoms in total. The first-order valence-electron chi connectivity index (χ1n) is 8.25. The van der Waals surface area contributed by atoms with E-state index in [-0.39, 0.29) is 12.5 Å². The Morgan fingerprint density at radius 1 is 1.15 bits per heavy atom. The molecular formula is C20H21N3O2S. The van der Waals surface area contributed by atoms with E-state index in [9.17, 15) is 4.79 Å². The normalized spacial score (nSPS) is 10.6. The zero-order valence-electron chi connectivity index (χ0n) is 15.0. The molecule has 6 heteroatoms. The standard InChI is InChI=1S/C20H21N3O2S/c1-12-4-9-17(13(2)10-12)22-18(24)11-25-16-7-5-15(6-8-16)19-14(3)26-20(21)23-19/h4-10H,11H2,1-3H3,(H2,21,23)(H,22,24). The lowest BCUT2D eigenvalue weighted by Gasteiger charge is -2.10. The molecule has 134 valence electrons. The van der Waals surface area contributed by atoms with E-state index in [0.29, 0.717) is 10.9 Å². The minimum absolute atomic E-state index is 0.0463. The number of hydrogen-bond acceptors (Lipinski definition) is 5. The van der Waals surface area contributed by atoms with Gasteiger partial charge in [0.1, 0.15) is 5.75 Å². The number of nitrogens with zero attached hydrogens (tertiary/aromatic N) is 1. The summed E-state index contributed by atoms with van der Waals surface area (Å²) < 4.78 is 5.58. The molecule has 2 aromatic carbocycles. The maximum absolute atomic E-state index is 12.1. The Bertz CT molecular complexity index is 933. The van der Waals surface area contributed by atoms with E-state index in [0.717, 1.165) is 32.9 Å². The molecule has 0 saturated carbocycles. The van der Waals surface area contributed by atoms with E-state index in [1.54, 1.807) is 0 Å². The third-order valence-electron chi connectivity index (χ3n) is 3.97. The first-order valence-corrected chi connectivity index (χ1v) is 9.07. The molecule has 0 aliphatic heterocycles. The Labute approximate surface area is 156 Å². The number of benzene rings is 2. The second-order valence-electron chi connectivity index (χ2n) is 6.14. The molecule has 0 spiro atoms. The number of carbonyl (C=O) groups excluding carboxylic acids is 1. The van der Waals surface area contributed by atoms with Gasteiger partial charge in [0.05, 0.1) is 5.69 Å². The van der Waals surface area contributed by atoms with E-state index in [1.807, 2.05) is 63.2 Å². The second kappa shape index (κ2) is 7.58. The van der Waals surface area contributed by atoms with Gasteiger partial charge >= 0.3 is 0 Å². The number of nitrogens with two attached hydrogens (primary N) is 1. The average molecular weight is 367 g/mol. The summed E-state index contributed by atoms with van der Waals surface area (Å²) in [6, 6.07) is 13.4. The van der Waals surface area contributed by atoms with Crippen molar-refractivity contribution in [3.63, 3.8) is 0 Å². The van der Waals surface area contributed by atoms with Crippen LogP contribution in [0.4, 0.5) is 10.8 Å². The van der Waals surface area contributed by atoms with Crippen LogP contribution < -0.4 is 15.8 Å². The predicted molar refractivity (Wildman–Crippen MR) is 107 cm³/mol. The zero-order valence-corrected chi connectivity index (χ0v) is 15.8. The van der Waals surface area contributed by atoms with Crippen LogP contribution in [0.5, 0.6) is 5.75 Å². The summed E-state index contributed by atoms with van der Waals surface area (Å²) in [6.07, 6.45) is 0. The van der Waals surface area contributed by atoms with Gasteiger partial charge in [0.15, 0.2) is 11.7 Å². The summed E-state index contributed by atoms with van der Waals surface area (Å²) >= 11 is 1.47. The van der Waals surface area contributed by atoms with Gasteiger partial charge in [-0.3, -0.25) is 4.79 Å². The maximum Gasteiger partial charge on any atom is 0.262 e. The van der Waals surface area contributed by atoms with Gasteiger partial charge in [0.25, 0.3) is 5.91 Å². The number of aromatic nitrogens is 1. The largest absolute Gasteiger partial charge is 0.484 e. The maximum atomic E-state index is 12.1. The monoisotopic (exact) mass is 367 g/mol. The van der Waals surface area contributed by atoms with E-state index in [1.165, 1.54) is 11.3 Å². The zero-order chi connectivity index (χ0) is 18.7. The van der Waals surface area contributed by atoms with E-state index >= 15 is 0 Å². The molecule has 3 N–H and O–H groups in total. The quantitative estimate of drug-likeness (QED) is 0.703. The van der Waals surface area contributed by atoms with Crippen molar-refractivity contribution >= 4 is 28.1 Å². The van der Waals surface area contributed by atoms with E-state index in [2.05, 4.69) is 10.3 Å². The highest BCUT2D eigenvalue weighted by atomic mass is 32.1. The molecule has 1 heterocycles. The van der Waals surface area contributed by atoms with E-state index in [4.69, 9.17) is 10.5 Å². The highest BCUT2D eigenvalue weighted by Crippen LogP contribution is 2.29. The first kappa shape index (κ1) is 17.9. The fourth-order valence-electron chi connectivity index (χ4n) is 2.68. The molecule has 0 saturated heterocycles. The van der Waals surface area contributed by atoms with Gasteiger partial charge in [-0.2, -0.15) is 0 Å². The lowest BCUT2D eigenvalue weighted by molar-refractivity contribution is -0.118. The molecule has 0 aliphatic rings. The van der Waals surface area contributed by atoms with Crippen molar-refractivity contribution in [3.8, 4) is 17.0 Å². The van der Waals surface area contributed by atoms with Crippen LogP contribution in [-0.2, 0) is 4.79 Å². The molecule has 1 aromatic heterocycles. The van der Waals surface area contributed by atoms with Crippen molar-refractivity contribution in [1.82, 2.24) is 4.98 Å².